The number of rotatable bonds is 9. The maximum Gasteiger partial charge on any atom is 0.414 e. The smallest absolute Gasteiger partial charge is 0.414 e. The number of oxime groups is 1. The zero-order valence-electron chi connectivity index (χ0n) is 24.8. The first kappa shape index (κ1) is 31.7. The van der Waals surface area contributed by atoms with Gasteiger partial charge in [-0.05, 0) is 38.0 Å². The Morgan fingerprint density at radius 3 is 2.29 bits per heavy atom. The molecule has 13 nitrogen and oxygen atoms in total. The van der Waals surface area contributed by atoms with Gasteiger partial charge in [0, 0.05) is 17.3 Å². The molecule has 15 heteroatoms. The molecule has 45 heavy (non-hydrogen) atoms. The molecule has 2 aliphatic heterocycles. The van der Waals surface area contributed by atoms with Crippen LogP contribution >= 0.6 is 23.3 Å². The summed E-state index contributed by atoms with van der Waals surface area (Å²) in [5.74, 6) is -1.63. The van der Waals surface area contributed by atoms with Crippen LogP contribution in [0.25, 0.3) is 0 Å². The van der Waals surface area contributed by atoms with Crippen LogP contribution in [0, 0.1) is 0 Å². The zero-order valence-corrected chi connectivity index (χ0v) is 26.4. The van der Waals surface area contributed by atoms with Crippen LogP contribution in [0.1, 0.15) is 43.8 Å². The van der Waals surface area contributed by atoms with E-state index in [-0.39, 0.29) is 22.4 Å². The summed E-state index contributed by atoms with van der Waals surface area (Å²) >= 11 is 2.19. The van der Waals surface area contributed by atoms with Crippen molar-refractivity contribution in [3.8, 4) is 0 Å². The quantitative estimate of drug-likeness (QED) is 0.151. The minimum Gasteiger partial charge on any atom is -0.448 e. The molecule has 0 saturated carbocycles. The second-order valence-electron chi connectivity index (χ2n) is 10.8. The monoisotopic (exact) mass is 650 g/mol. The SMILES string of the molecule is CO/N=C(\C(=O)N[C@@H]1C(=O)N2C(C(=O)OC(c3ccccc3)c3ccccc3)=CCS[C@H]12)c1nsc(NC(=O)OC(C)(C)C)n1. The second kappa shape index (κ2) is 13.5. The van der Waals surface area contributed by atoms with Crippen LogP contribution in [0.4, 0.5) is 9.93 Å². The minimum absolute atomic E-state index is 0.0715. The summed E-state index contributed by atoms with van der Waals surface area (Å²) in [4.78, 5) is 62.4. The molecule has 5 rings (SSSR count). The number of fused-ring (bicyclic) bond motifs is 1. The molecule has 0 bridgehead atoms. The van der Waals surface area contributed by atoms with Crippen LogP contribution in [0.15, 0.2) is 77.6 Å². The van der Waals surface area contributed by atoms with E-state index in [9.17, 15) is 19.2 Å². The van der Waals surface area contributed by atoms with Gasteiger partial charge in [0.1, 0.15) is 29.8 Å². The number of thioether (sulfide) groups is 1. The molecular formula is C30H30N6O7S2. The average molecular weight is 651 g/mol. The van der Waals surface area contributed by atoms with Gasteiger partial charge in [-0.15, -0.1) is 11.8 Å². The topological polar surface area (TPSA) is 161 Å². The van der Waals surface area contributed by atoms with Gasteiger partial charge in [0.05, 0.1) is 0 Å². The lowest BCUT2D eigenvalue weighted by atomic mass is 10.0. The number of esters is 1. The molecule has 2 N–H and O–H groups in total. The van der Waals surface area contributed by atoms with Crippen LogP contribution in [-0.4, -0.2) is 73.7 Å². The molecule has 0 aliphatic carbocycles. The van der Waals surface area contributed by atoms with E-state index >= 15 is 0 Å². The fourth-order valence-electron chi connectivity index (χ4n) is 4.53. The van der Waals surface area contributed by atoms with E-state index in [1.54, 1.807) is 26.8 Å². The number of nitrogens with zero attached hydrogens (tertiary/aromatic N) is 4. The number of ether oxygens (including phenoxy) is 2. The molecule has 0 radical (unpaired) electrons. The van der Waals surface area contributed by atoms with Crippen LogP contribution in [0.5, 0.6) is 0 Å². The first-order valence-corrected chi connectivity index (χ1v) is 15.6. The van der Waals surface area contributed by atoms with E-state index in [0.717, 1.165) is 22.7 Å². The molecule has 2 aliphatic rings. The van der Waals surface area contributed by atoms with Gasteiger partial charge in [-0.25, -0.2) is 9.59 Å². The van der Waals surface area contributed by atoms with Crippen molar-refractivity contribution in [2.45, 2.75) is 43.9 Å². The molecule has 3 amide bonds. The number of hydrogen-bond acceptors (Lipinski definition) is 12. The number of hydrogen-bond donors (Lipinski definition) is 2. The maximum absolute atomic E-state index is 13.5. The summed E-state index contributed by atoms with van der Waals surface area (Å²) in [7, 11) is 1.24. The summed E-state index contributed by atoms with van der Waals surface area (Å²) in [6.07, 6.45) is 0.215. The standard InChI is InChI=1S/C30H30N6O7S2/c1-30(2,3)43-29(40)33-28-32-23(35-45-28)20(34-41-4)24(37)31-21-25(38)36-19(15-16-44-26(21)36)27(39)42-22(17-11-7-5-8-12-17)18-13-9-6-10-14-18/h5-15,21-22,26H,16H2,1-4H3,(H,31,37)(H,32,33,35,40)/b34-20-/t21-,26-/m1/s1. The molecule has 2 aromatic carbocycles. The molecule has 2 atom stereocenters. The summed E-state index contributed by atoms with van der Waals surface area (Å²) in [5.41, 5.74) is 0.643. The van der Waals surface area contributed by atoms with Gasteiger partial charge < -0.3 is 19.6 Å². The summed E-state index contributed by atoms with van der Waals surface area (Å²) in [6.45, 7) is 5.15. The Balaban J connectivity index is 1.26. The van der Waals surface area contributed by atoms with E-state index in [2.05, 4.69) is 25.1 Å². The molecule has 0 unspecified atom stereocenters. The molecular weight excluding hydrogens is 620 g/mol. The lowest BCUT2D eigenvalue weighted by Gasteiger charge is -2.48. The van der Waals surface area contributed by atoms with Crippen LogP contribution in [-0.2, 0) is 28.7 Å². The Morgan fingerprint density at radius 2 is 1.69 bits per heavy atom. The van der Waals surface area contributed by atoms with Crippen molar-refractivity contribution in [2.75, 3.05) is 18.2 Å². The number of aromatic nitrogens is 2. The molecule has 3 aromatic rings. The van der Waals surface area contributed by atoms with Gasteiger partial charge in [0.25, 0.3) is 11.8 Å². The van der Waals surface area contributed by atoms with Gasteiger partial charge in [-0.3, -0.25) is 19.8 Å². The van der Waals surface area contributed by atoms with Gasteiger partial charge in [0.2, 0.25) is 16.7 Å². The molecule has 1 fully saturated rings. The number of carbonyl (C=O) groups excluding carboxylic acids is 4. The fraction of sp³-hybridized carbons (Fsp3) is 0.300. The minimum atomic E-state index is -0.960. The predicted molar refractivity (Wildman–Crippen MR) is 167 cm³/mol. The van der Waals surface area contributed by atoms with Gasteiger partial charge in [-0.2, -0.15) is 9.36 Å². The molecule has 1 saturated heterocycles. The molecule has 1 aromatic heterocycles. The Kier molecular flexibility index (Phi) is 9.48. The predicted octanol–water partition coefficient (Wildman–Crippen LogP) is 3.85. The van der Waals surface area contributed by atoms with E-state index in [1.807, 2.05) is 60.7 Å². The normalized spacial score (nSPS) is 17.9. The van der Waals surface area contributed by atoms with Crippen molar-refractivity contribution < 1.29 is 33.5 Å². The Bertz CT molecular complexity index is 1600. The molecule has 0 spiro atoms. The fourth-order valence-corrected chi connectivity index (χ4v) is 6.28. The Hall–Kier alpha value is -4.76. The second-order valence-corrected chi connectivity index (χ2v) is 12.7. The third-order valence-electron chi connectivity index (χ3n) is 6.41. The van der Waals surface area contributed by atoms with Crippen molar-refractivity contribution in [2.24, 2.45) is 5.16 Å². The van der Waals surface area contributed by atoms with Crippen molar-refractivity contribution >= 4 is 58.0 Å². The van der Waals surface area contributed by atoms with Crippen molar-refractivity contribution in [3.05, 3.63) is 89.4 Å². The van der Waals surface area contributed by atoms with Crippen molar-refractivity contribution in [3.63, 3.8) is 0 Å². The van der Waals surface area contributed by atoms with Crippen LogP contribution < -0.4 is 10.6 Å². The van der Waals surface area contributed by atoms with Crippen molar-refractivity contribution in [1.29, 1.82) is 0 Å². The first-order chi connectivity index (χ1) is 21.6. The summed E-state index contributed by atoms with van der Waals surface area (Å²) < 4.78 is 15.3. The van der Waals surface area contributed by atoms with E-state index in [0.29, 0.717) is 5.75 Å². The number of anilines is 1. The Labute approximate surface area is 267 Å². The number of amides is 3. The van der Waals surface area contributed by atoms with E-state index < -0.39 is 47.0 Å². The third kappa shape index (κ3) is 7.32. The van der Waals surface area contributed by atoms with E-state index in [4.69, 9.17) is 14.3 Å². The highest BCUT2D eigenvalue weighted by molar-refractivity contribution is 8.00. The maximum atomic E-state index is 13.5. The highest BCUT2D eigenvalue weighted by Crippen LogP contribution is 2.39. The number of nitrogens with one attached hydrogen (secondary N) is 2. The molecule has 3 heterocycles. The van der Waals surface area contributed by atoms with Gasteiger partial charge in [0.15, 0.2) is 6.10 Å². The van der Waals surface area contributed by atoms with Crippen LogP contribution in [0.2, 0.25) is 0 Å². The lowest BCUT2D eigenvalue weighted by molar-refractivity contribution is -0.154. The van der Waals surface area contributed by atoms with Gasteiger partial charge in [-0.1, -0.05) is 65.8 Å². The number of carbonyl (C=O) groups is 4. The number of β-lactam (4-membered cyclic amide) rings is 1. The van der Waals surface area contributed by atoms with E-state index in [1.165, 1.54) is 23.8 Å². The largest absolute Gasteiger partial charge is 0.448 e. The average Bonchev–Trinajstić information content (AvgIpc) is 3.48. The van der Waals surface area contributed by atoms with Crippen molar-refractivity contribution in [1.82, 2.24) is 19.6 Å². The highest BCUT2D eigenvalue weighted by Gasteiger charge is 2.53. The lowest BCUT2D eigenvalue weighted by Crippen LogP contribution is -2.70. The van der Waals surface area contributed by atoms with Crippen LogP contribution in [0.3, 0.4) is 0 Å². The molecule has 234 valence electrons. The summed E-state index contributed by atoms with van der Waals surface area (Å²) in [5, 5.41) is 8.37. The third-order valence-corrected chi connectivity index (χ3v) is 8.23. The van der Waals surface area contributed by atoms with Gasteiger partial charge >= 0.3 is 12.1 Å². The highest BCUT2D eigenvalue weighted by atomic mass is 32.2. The summed E-state index contributed by atoms with van der Waals surface area (Å²) in [6, 6.07) is 17.7. The number of benzene rings is 2. The zero-order chi connectivity index (χ0) is 32.1. The Morgan fingerprint density at radius 1 is 1.04 bits per heavy atom. The first-order valence-electron chi connectivity index (χ1n) is 13.8.